The van der Waals surface area contributed by atoms with Crippen molar-refractivity contribution >= 4 is 22.4 Å². The molecule has 0 saturated heterocycles. The molecule has 4 nitrogen and oxygen atoms in total. The first-order valence-electron chi connectivity index (χ1n) is 10.7. The minimum atomic E-state index is 0.901. The zero-order valence-corrected chi connectivity index (χ0v) is 16.4. The minimum absolute atomic E-state index is 0.901. The molecule has 1 fully saturated rings. The van der Waals surface area contributed by atoms with Gasteiger partial charge in [0.25, 0.3) is 0 Å². The fourth-order valence-electron chi connectivity index (χ4n) is 4.82. The Morgan fingerprint density at radius 1 is 1.04 bits per heavy atom. The molecule has 1 aromatic carbocycles. The number of para-hydroxylation sites is 1. The van der Waals surface area contributed by atoms with Crippen molar-refractivity contribution in [3.8, 4) is 0 Å². The molecule has 4 heteroatoms. The molecule has 1 N–H and O–H groups in total. The lowest BCUT2D eigenvalue weighted by Gasteiger charge is -2.33. The molecular weight excluding hydrogens is 344 g/mol. The number of hydrogen-bond donors (Lipinski definition) is 1. The number of hydrogen-bond acceptors (Lipinski definition) is 4. The highest BCUT2D eigenvalue weighted by Crippen LogP contribution is 2.30. The summed E-state index contributed by atoms with van der Waals surface area (Å²) < 4.78 is 0. The molecular formula is C24H28N4. The van der Waals surface area contributed by atoms with Gasteiger partial charge in [-0.3, -0.25) is 9.88 Å². The quantitative estimate of drug-likeness (QED) is 0.674. The second-order valence-electron chi connectivity index (χ2n) is 8.33. The van der Waals surface area contributed by atoms with Gasteiger partial charge >= 0.3 is 0 Å². The van der Waals surface area contributed by atoms with Gasteiger partial charge in [-0.15, -0.1) is 0 Å². The maximum absolute atomic E-state index is 4.65. The number of nitrogens with zero attached hydrogens (tertiary/aromatic N) is 3. The summed E-state index contributed by atoms with van der Waals surface area (Å²) in [6.07, 6.45) is 12.0. The Balaban J connectivity index is 1.32. The Morgan fingerprint density at radius 2 is 1.93 bits per heavy atom. The summed E-state index contributed by atoms with van der Waals surface area (Å²) in [7, 11) is 0. The van der Waals surface area contributed by atoms with Crippen molar-refractivity contribution in [1.82, 2.24) is 14.9 Å². The van der Waals surface area contributed by atoms with Crippen LogP contribution in [0.1, 0.15) is 43.2 Å². The lowest BCUT2D eigenvalue weighted by atomic mass is 9.88. The Hall–Kier alpha value is -2.46. The normalized spacial score (nSPS) is 18.1. The van der Waals surface area contributed by atoms with E-state index < -0.39 is 0 Å². The predicted octanol–water partition coefficient (Wildman–Crippen LogP) is 5.31. The molecule has 3 heterocycles. The van der Waals surface area contributed by atoms with E-state index in [9.17, 15) is 0 Å². The van der Waals surface area contributed by atoms with E-state index in [2.05, 4.69) is 44.5 Å². The first-order chi connectivity index (χ1) is 13.8. The minimum Gasteiger partial charge on any atom is -0.339 e. The summed E-state index contributed by atoms with van der Waals surface area (Å²) in [6.45, 7) is 3.46. The fraction of sp³-hybridized carbons (Fsp3) is 0.417. The van der Waals surface area contributed by atoms with Gasteiger partial charge in [-0.1, -0.05) is 37.5 Å². The highest BCUT2D eigenvalue weighted by Gasteiger charge is 2.23. The summed E-state index contributed by atoms with van der Waals surface area (Å²) in [4.78, 5) is 11.9. The first-order valence-corrected chi connectivity index (χ1v) is 10.7. The van der Waals surface area contributed by atoms with E-state index in [1.165, 1.54) is 49.8 Å². The molecule has 1 saturated carbocycles. The lowest BCUT2D eigenvalue weighted by molar-refractivity contribution is 0.187. The molecule has 0 bridgehead atoms. The Kier molecular flexibility index (Phi) is 4.96. The molecule has 0 atom stereocenters. The molecule has 144 valence electrons. The third-order valence-electron chi connectivity index (χ3n) is 6.32. The van der Waals surface area contributed by atoms with Crippen molar-refractivity contribution in [3.05, 3.63) is 59.9 Å². The Labute approximate surface area is 167 Å². The van der Waals surface area contributed by atoms with Gasteiger partial charge in [0.1, 0.15) is 5.82 Å². The van der Waals surface area contributed by atoms with Gasteiger partial charge in [-0.05, 0) is 48.9 Å². The van der Waals surface area contributed by atoms with E-state index in [4.69, 9.17) is 0 Å². The average molecular weight is 373 g/mol. The zero-order chi connectivity index (χ0) is 18.8. The van der Waals surface area contributed by atoms with E-state index >= 15 is 0 Å². The second-order valence-corrected chi connectivity index (χ2v) is 8.33. The number of anilines is 2. The Bertz CT molecular complexity index is 962. The molecule has 1 aliphatic carbocycles. The fourth-order valence-corrected chi connectivity index (χ4v) is 4.82. The van der Waals surface area contributed by atoms with Gasteiger partial charge in [0.15, 0.2) is 0 Å². The van der Waals surface area contributed by atoms with Crippen molar-refractivity contribution < 1.29 is 0 Å². The number of fused-ring (bicyclic) bond motifs is 2. The molecule has 0 radical (unpaired) electrons. The number of nitrogens with one attached hydrogen (secondary N) is 1. The maximum atomic E-state index is 4.65. The van der Waals surface area contributed by atoms with Gasteiger partial charge in [0.05, 0.1) is 17.4 Å². The van der Waals surface area contributed by atoms with Crippen LogP contribution in [0.15, 0.2) is 48.8 Å². The molecule has 0 unspecified atom stereocenters. The first kappa shape index (κ1) is 17.6. The number of benzene rings is 1. The number of rotatable bonds is 4. The maximum Gasteiger partial charge on any atom is 0.133 e. The van der Waals surface area contributed by atoms with Gasteiger partial charge < -0.3 is 5.32 Å². The molecule has 1 aliphatic heterocycles. The summed E-state index contributed by atoms with van der Waals surface area (Å²) in [5.74, 6) is 1.89. The standard InChI is InChI=1S/C24H28N4/c1-2-6-18(7-3-1)16-28-13-11-22-20(17-28)10-12-25-24(22)27-21-14-19-8-4-5-9-23(19)26-15-21/h4-5,8-10,12,14-15,18H,1-3,6-7,11,13,16-17H2,(H,25,27). The van der Waals surface area contributed by atoms with Gasteiger partial charge in [-0.25, -0.2) is 4.98 Å². The highest BCUT2D eigenvalue weighted by atomic mass is 15.1. The van der Waals surface area contributed by atoms with Crippen molar-refractivity contribution in [2.75, 3.05) is 18.4 Å². The van der Waals surface area contributed by atoms with E-state index in [0.717, 1.165) is 47.8 Å². The van der Waals surface area contributed by atoms with Gasteiger partial charge in [0, 0.05) is 36.8 Å². The van der Waals surface area contributed by atoms with Crippen LogP contribution in [0.2, 0.25) is 0 Å². The number of pyridine rings is 2. The van der Waals surface area contributed by atoms with Crippen molar-refractivity contribution in [2.45, 2.75) is 45.1 Å². The van der Waals surface area contributed by atoms with Crippen LogP contribution in [0.25, 0.3) is 10.9 Å². The molecule has 5 rings (SSSR count). The SMILES string of the molecule is c1ccc2ncc(Nc3nccc4c3CCN(CC3CCCCC3)C4)cc2c1. The van der Waals surface area contributed by atoms with Crippen LogP contribution < -0.4 is 5.32 Å². The van der Waals surface area contributed by atoms with Crippen LogP contribution in [0.4, 0.5) is 11.5 Å². The topological polar surface area (TPSA) is 41.1 Å². The monoisotopic (exact) mass is 372 g/mol. The van der Waals surface area contributed by atoms with Crippen molar-refractivity contribution in [1.29, 1.82) is 0 Å². The second kappa shape index (κ2) is 7.88. The summed E-state index contributed by atoms with van der Waals surface area (Å²) in [6, 6.07) is 12.6. The van der Waals surface area contributed by atoms with Gasteiger partial charge in [0.2, 0.25) is 0 Å². The molecule has 3 aromatic rings. The van der Waals surface area contributed by atoms with Gasteiger partial charge in [-0.2, -0.15) is 0 Å². The molecule has 28 heavy (non-hydrogen) atoms. The summed E-state index contributed by atoms with van der Waals surface area (Å²) >= 11 is 0. The van der Waals surface area contributed by atoms with E-state index in [1.54, 1.807) is 0 Å². The third kappa shape index (κ3) is 3.74. The molecule has 0 spiro atoms. The van der Waals surface area contributed by atoms with Crippen molar-refractivity contribution in [2.24, 2.45) is 5.92 Å². The van der Waals surface area contributed by atoms with Crippen LogP contribution in [0, 0.1) is 5.92 Å². The highest BCUT2D eigenvalue weighted by molar-refractivity contribution is 5.82. The van der Waals surface area contributed by atoms with Crippen LogP contribution in [0.3, 0.4) is 0 Å². The third-order valence-corrected chi connectivity index (χ3v) is 6.32. The van der Waals surface area contributed by atoms with Crippen LogP contribution in [0.5, 0.6) is 0 Å². The van der Waals surface area contributed by atoms with Crippen LogP contribution >= 0.6 is 0 Å². The van der Waals surface area contributed by atoms with Crippen LogP contribution in [-0.2, 0) is 13.0 Å². The smallest absolute Gasteiger partial charge is 0.133 e. The molecule has 2 aromatic heterocycles. The van der Waals surface area contributed by atoms with Crippen molar-refractivity contribution in [3.63, 3.8) is 0 Å². The average Bonchev–Trinajstić information content (AvgIpc) is 2.74. The summed E-state index contributed by atoms with van der Waals surface area (Å²) in [5.41, 5.74) is 4.82. The zero-order valence-electron chi connectivity index (χ0n) is 16.4. The molecule has 0 amide bonds. The predicted molar refractivity (Wildman–Crippen MR) is 115 cm³/mol. The Morgan fingerprint density at radius 3 is 2.86 bits per heavy atom. The van der Waals surface area contributed by atoms with Crippen LogP contribution in [-0.4, -0.2) is 28.0 Å². The van der Waals surface area contributed by atoms with E-state index in [-0.39, 0.29) is 0 Å². The molecule has 2 aliphatic rings. The lowest BCUT2D eigenvalue weighted by Crippen LogP contribution is -2.35. The van der Waals surface area contributed by atoms with E-state index in [0.29, 0.717) is 0 Å². The van der Waals surface area contributed by atoms with E-state index in [1.807, 2.05) is 24.5 Å². The summed E-state index contributed by atoms with van der Waals surface area (Å²) in [5, 5.41) is 4.68. The largest absolute Gasteiger partial charge is 0.339 e. The number of aromatic nitrogens is 2.